The topological polar surface area (TPSA) is 126 Å². The monoisotopic (exact) mass is 330 g/mol. The molecule has 1 rings (SSSR count). The molecule has 130 valence electrons. The fourth-order valence-electron chi connectivity index (χ4n) is 1.54. The average Bonchev–Trinajstić information content (AvgIpc) is 2.44. The Hall–Kier alpha value is -1.87. The van der Waals surface area contributed by atoms with Gasteiger partial charge in [0.25, 0.3) is 0 Å². The van der Waals surface area contributed by atoms with Gasteiger partial charge in [0.2, 0.25) is 0 Å². The van der Waals surface area contributed by atoms with Crippen LogP contribution in [-0.2, 0) is 16.1 Å². The SMILES string of the molecule is CCC(O)(O)Oc1cc(COC(C)=O)cc(OC(O)(O)CC)c1. The van der Waals surface area contributed by atoms with E-state index in [-0.39, 0.29) is 30.9 Å². The molecule has 0 bridgehead atoms. The van der Waals surface area contributed by atoms with Crippen LogP contribution in [0.3, 0.4) is 0 Å². The number of carbonyl (C=O) groups is 1. The van der Waals surface area contributed by atoms with Crippen LogP contribution in [0.2, 0.25) is 0 Å². The standard InChI is InChI=1S/C15H22O8/c1-4-14(17,18)22-12-6-11(9-21-10(3)16)7-13(8-12)23-15(19,20)5-2/h6-8,17-20H,4-5,9H2,1-3H3. The van der Waals surface area contributed by atoms with Gasteiger partial charge in [0, 0.05) is 25.8 Å². The molecule has 8 heteroatoms. The first-order valence-corrected chi connectivity index (χ1v) is 7.11. The van der Waals surface area contributed by atoms with Crippen molar-refractivity contribution in [1.29, 1.82) is 0 Å². The summed E-state index contributed by atoms with van der Waals surface area (Å²) in [5, 5.41) is 38.3. The van der Waals surface area contributed by atoms with Gasteiger partial charge in [-0.15, -0.1) is 0 Å². The number of aliphatic hydroxyl groups is 4. The number of carbonyl (C=O) groups excluding carboxylic acids is 1. The number of esters is 1. The molecule has 0 saturated heterocycles. The summed E-state index contributed by atoms with van der Waals surface area (Å²) in [5.74, 6) is -5.28. The van der Waals surface area contributed by atoms with Crippen LogP contribution in [0.1, 0.15) is 39.2 Å². The Morgan fingerprint density at radius 1 is 0.957 bits per heavy atom. The molecule has 1 aromatic rings. The molecule has 4 N–H and O–H groups in total. The van der Waals surface area contributed by atoms with Gasteiger partial charge in [-0.25, -0.2) is 0 Å². The number of hydrogen-bond acceptors (Lipinski definition) is 8. The van der Waals surface area contributed by atoms with Crippen molar-refractivity contribution >= 4 is 5.97 Å². The van der Waals surface area contributed by atoms with Crippen molar-refractivity contribution in [3.8, 4) is 11.5 Å². The van der Waals surface area contributed by atoms with E-state index in [1.807, 2.05) is 0 Å². The molecule has 0 unspecified atom stereocenters. The second kappa shape index (κ2) is 7.60. The molecule has 1 aromatic carbocycles. The Morgan fingerprint density at radius 3 is 1.74 bits per heavy atom. The first-order valence-electron chi connectivity index (χ1n) is 7.11. The van der Waals surface area contributed by atoms with Crippen LogP contribution < -0.4 is 9.47 Å². The van der Waals surface area contributed by atoms with E-state index in [4.69, 9.17) is 14.2 Å². The summed E-state index contributed by atoms with van der Waals surface area (Å²) in [6.45, 7) is 4.13. The van der Waals surface area contributed by atoms with Crippen LogP contribution in [0, 0.1) is 0 Å². The van der Waals surface area contributed by atoms with Gasteiger partial charge >= 0.3 is 17.9 Å². The van der Waals surface area contributed by atoms with Crippen molar-refractivity contribution in [3.63, 3.8) is 0 Å². The second-order valence-electron chi connectivity index (χ2n) is 4.99. The Morgan fingerprint density at radius 2 is 1.39 bits per heavy atom. The lowest BCUT2D eigenvalue weighted by molar-refractivity contribution is -0.294. The van der Waals surface area contributed by atoms with Gasteiger partial charge in [0.15, 0.2) is 0 Å². The van der Waals surface area contributed by atoms with Crippen LogP contribution in [0.4, 0.5) is 0 Å². The molecule has 0 radical (unpaired) electrons. The van der Waals surface area contributed by atoms with E-state index >= 15 is 0 Å². The molecule has 0 saturated carbocycles. The highest BCUT2D eigenvalue weighted by Gasteiger charge is 2.26. The zero-order valence-electron chi connectivity index (χ0n) is 13.3. The summed E-state index contributed by atoms with van der Waals surface area (Å²) in [4.78, 5) is 10.9. The van der Waals surface area contributed by atoms with Gasteiger partial charge in [-0.3, -0.25) is 4.79 Å². The van der Waals surface area contributed by atoms with E-state index in [0.717, 1.165) is 0 Å². The Kier molecular flexibility index (Phi) is 6.34. The molecule has 0 spiro atoms. The van der Waals surface area contributed by atoms with E-state index in [1.54, 1.807) is 0 Å². The minimum absolute atomic E-state index is 0.00315. The minimum Gasteiger partial charge on any atom is -0.461 e. The van der Waals surface area contributed by atoms with E-state index in [9.17, 15) is 25.2 Å². The van der Waals surface area contributed by atoms with Gasteiger partial charge in [-0.05, 0) is 17.7 Å². The fourth-order valence-corrected chi connectivity index (χ4v) is 1.54. The van der Waals surface area contributed by atoms with Crippen LogP contribution in [0.5, 0.6) is 11.5 Å². The lowest BCUT2D eigenvalue weighted by atomic mass is 10.2. The molecule has 0 heterocycles. The predicted octanol–water partition coefficient (Wildman–Crippen LogP) is 0.604. The summed E-state index contributed by atoms with van der Waals surface area (Å²) in [5.41, 5.74) is 0.409. The van der Waals surface area contributed by atoms with Gasteiger partial charge < -0.3 is 34.6 Å². The largest absolute Gasteiger partial charge is 0.461 e. The Bertz CT molecular complexity index is 502. The molecule has 0 aliphatic heterocycles. The Balaban J connectivity index is 3.08. The van der Waals surface area contributed by atoms with Gasteiger partial charge in [0.05, 0.1) is 0 Å². The highest BCUT2D eigenvalue weighted by molar-refractivity contribution is 5.66. The lowest BCUT2D eigenvalue weighted by Crippen LogP contribution is -2.35. The fraction of sp³-hybridized carbons (Fsp3) is 0.533. The molecule has 0 amide bonds. The molecule has 0 aromatic heterocycles. The highest BCUT2D eigenvalue weighted by atomic mass is 16.8. The number of hydrogen-bond donors (Lipinski definition) is 4. The predicted molar refractivity (Wildman–Crippen MR) is 78.1 cm³/mol. The maximum Gasteiger partial charge on any atom is 0.321 e. The van der Waals surface area contributed by atoms with Crippen molar-refractivity contribution in [2.24, 2.45) is 0 Å². The van der Waals surface area contributed by atoms with Crippen molar-refractivity contribution in [2.75, 3.05) is 0 Å². The number of rotatable bonds is 8. The number of ether oxygens (including phenoxy) is 3. The summed E-state index contributed by atoms with van der Waals surface area (Å²) in [6, 6.07) is 4.08. The molecular formula is C15H22O8. The van der Waals surface area contributed by atoms with E-state index < -0.39 is 17.9 Å². The first-order chi connectivity index (χ1) is 10.6. The second-order valence-corrected chi connectivity index (χ2v) is 4.99. The van der Waals surface area contributed by atoms with E-state index in [2.05, 4.69) is 0 Å². The van der Waals surface area contributed by atoms with E-state index in [0.29, 0.717) is 5.56 Å². The molecule has 0 fully saturated rings. The molecule has 8 nitrogen and oxygen atoms in total. The van der Waals surface area contributed by atoms with E-state index in [1.165, 1.54) is 39.0 Å². The van der Waals surface area contributed by atoms with Crippen LogP contribution in [0.15, 0.2) is 18.2 Å². The maximum atomic E-state index is 10.9. The first kappa shape index (κ1) is 19.2. The normalized spacial score (nSPS) is 12.0. The van der Waals surface area contributed by atoms with Gasteiger partial charge in [0.1, 0.15) is 18.1 Å². The van der Waals surface area contributed by atoms with Crippen LogP contribution >= 0.6 is 0 Å². The lowest BCUT2D eigenvalue weighted by Gasteiger charge is -2.24. The molecule has 0 atom stereocenters. The molecule has 0 aliphatic rings. The van der Waals surface area contributed by atoms with Crippen molar-refractivity contribution in [2.45, 2.75) is 52.2 Å². The molecule has 0 aliphatic carbocycles. The quantitative estimate of drug-likeness (QED) is 0.403. The van der Waals surface area contributed by atoms with Crippen molar-refractivity contribution < 1.29 is 39.4 Å². The third-order valence-electron chi connectivity index (χ3n) is 2.87. The zero-order chi connectivity index (χ0) is 17.7. The minimum atomic E-state index is -2.39. The average molecular weight is 330 g/mol. The zero-order valence-corrected chi connectivity index (χ0v) is 13.3. The van der Waals surface area contributed by atoms with Crippen molar-refractivity contribution in [1.82, 2.24) is 0 Å². The van der Waals surface area contributed by atoms with Crippen molar-refractivity contribution in [3.05, 3.63) is 23.8 Å². The Labute approximate surface area is 133 Å². The third-order valence-corrected chi connectivity index (χ3v) is 2.87. The third kappa shape index (κ3) is 6.83. The van der Waals surface area contributed by atoms with Crippen LogP contribution in [-0.4, -0.2) is 38.3 Å². The highest BCUT2D eigenvalue weighted by Crippen LogP contribution is 2.28. The van der Waals surface area contributed by atoms with Crippen LogP contribution in [0.25, 0.3) is 0 Å². The smallest absolute Gasteiger partial charge is 0.321 e. The van der Waals surface area contributed by atoms with Gasteiger partial charge in [-0.1, -0.05) is 13.8 Å². The summed E-state index contributed by atoms with van der Waals surface area (Å²) in [7, 11) is 0. The van der Waals surface area contributed by atoms with Gasteiger partial charge in [-0.2, -0.15) is 0 Å². The maximum absolute atomic E-state index is 10.9. The molecular weight excluding hydrogens is 308 g/mol. The number of benzene rings is 1. The summed E-state index contributed by atoms with van der Waals surface area (Å²) < 4.78 is 14.9. The molecule has 23 heavy (non-hydrogen) atoms. The summed E-state index contributed by atoms with van der Waals surface area (Å²) >= 11 is 0. The summed E-state index contributed by atoms with van der Waals surface area (Å²) in [6.07, 6.45) is -0.202.